The van der Waals surface area contributed by atoms with E-state index in [9.17, 15) is 8.42 Å². The molecule has 118 valence electrons. The van der Waals surface area contributed by atoms with E-state index in [-0.39, 0.29) is 5.13 Å². The first-order valence-corrected chi connectivity index (χ1v) is 8.72. The molecule has 0 aromatic carbocycles. The molecule has 0 aliphatic carbocycles. The number of hydrogen-bond acceptors (Lipinski definition) is 6. The van der Waals surface area contributed by atoms with Gasteiger partial charge in [0.25, 0.3) is 0 Å². The summed E-state index contributed by atoms with van der Waals surface area (Å²) in [6, 6.07) is 0. The van der Waals surface area contributed by atoms with Crippen LogP contribution >= 0.6 is 11.3 Å². The molecule has 1 saturated heterocycles. The minimum atomic E-state index is -3.56. The Hall–Kier alpha value is -0.675. The Balaban J connectivity index is 2.16. The first kappa shape index (κ1) is 16.7. The van der Waals surface area contributed by atoms with Gasteiger partial charge in [0.1, 0.15) is 0 Å². The average molecular weight is 333 g/mol. The maximum absolute atomic E-state index is 11.8. The summed E-state index contributed by atoms with van der Waals surface area (Å²) in [5, 5.41) is 0.286. The quantitative estimate of drug-likeness (QED) is 0.819. The Morgan fingerprint density at radius 2 is 1.76 bits per heavy atom. The molecule has 0 atom stereocenters. The van der Waals surface area contributed by atoms with Crippen LogP contribution in [0.5, 0.6) is 0 Å². The predicted octanol–water partition coefficient (Wildman–Crippen LogP) is 0.661. The Kier molecular flexibility index (Phi) is 4.13. The molecule has 1 aromatic heterocycles. The highest BCUT2D eigenvalue weighted by atomic mass is 32.2. The van der Waals surface area contributed by atoms with Crippen molar-refractivity contribution in [3.63, 3.8) is 0 Å². The van der Waals surface area contributed by atoms with Crippen molar-refractivity contribution in [2.24, 2.45) is 0 Å². The SMILES string of the molecule is CN(C)S(=O)(=O)Nc1ncc(B2OC(C)(C)C(C)(C)O2)s1. The van der Waals surface area contributed by atoms with Crippen molar-refractivity contribution in [1.82, 2.24) is 9.29 Å². The number of aromatic nitrogens is 1. The van der Waals surface area contributed by atoms with E-state index < -0.39 is 28.5 Å². The zero-order chi connectivity index (χ0) is 16.1. The van der Waals surface area contributed by atoms with Gasteiger partial charge in [-0.25, -0.2) is 9.71 Å². The van der Waals surface area contributed by atoms with Crippen molar-refractivity contribution in [3.8, 4) is 0 Å². The Labute approximate surface area is 130 Å². The van der Waals surface area contributed by atoms with Gasteiger partial charge in [0.15, 0.2) is 5.13 Å². The number of anilines is 1. The van der Waals surface area contributed by atoms with Crippen LogP contribution < -0.4 is 9.50 Å². The highest BCUT2D eigenvalue weighted by molar-refractivity contribution is 7.90. The van der Waals surface area contributed by atoms with Crippen molar-refractivity contribution in [2.75, 3.05) is 18.8 Å². The molecule has 10 heteroatoms. The first-order valence-electron chi connectivity index (χ1n) is 6.46. The second-order valence-corrected chi connectivity index (χ2v) is 8.99. The van der Waals surface area contributed by atoms with Crippen molar-refractivity contribution in [2.45, 2.75) is 38.9 Å². The minimum Gasteiger partial charge on any atom is -0.399 e. The lowest BCUT2D eigenvalue weighted by molar-refractivity contribution is 0.00578. The highest BCUT2D eigenvalue weighted by Gasteiger charge is 2.52. The molecular weight excluding hydrogens is 313 g/mol. The zero-order valence-corrected chi connectivity index (χ0v) is 14.6. The summed E-state index contributed by atoms with van der Waals surface area (Å²) in [5.41, 5.74) is -0.879. The fourth-order valence-corrected chi connectivity index (χ4v) is 3.17. The normalized spacial score (nSPS) is 21.0. The van der Waals surface area contributed by atoms with Gasteiger partial charge in [-0.05, 0) is 27.7 Å². The molecule has 21 heavy (non-hydrogen) atoms. The molecule has 0 radical (unpaired) electrons. The minimum absolute atomic E-state index is 0.286. The van der Waals surface area contributed by atoms with Crippen molar-refractivity contribution < 1.29 is 17.7 Å². The summed E-state index contributed by atoms with van der Waals surface area (Å²) in [7, 11) is -1.20. The van der Waals surface area contributed by atoms with Crippen LogP contribution in [-0.4, -0.2) is 50.1 Å². The van der Waals surface area contributed by atoms with Gasteiger partial charge in [0, 0.05) is 20.3 Å². The van der Waals surface area contributed by atoms with Crippen molar-refractivity contribution in [3.05, 3.63) is 6.20 Å². The molecule has 2 heterocycles. The summed E-state index contributed by atoms with van der Waals surface area (Å²) in [6.07, 6.45) is 1.57. The van der Waals surface area contributed by atoms with Crippen molar-refractivity contribution in [1.29, 1.82) is 0 Å². The van der Waals surface area contributed by atoms with Gasteiger partial charge >= 0.3 is 17.3 Å². The highest BCUT2D eigenvalue weighted by Crippen LogP contribution is 2.37. The molecule has 1 aromatic rings. The maximum atomic E-state index is 11.8. The van der Waals surface area contributed by atoms with Gasteiger partial charge < -0.3 is 9.31 Å². The molecule has 2 rings (SSSR count). The van der Waals surface area contributed by atoms with E-state index in [0.717, 1.165) is 9.08 Å². The number of hydrogen-bond donors (Lipinski definition) is 1. The molecule has 0 saturated carbocycles. The van der Waals surface area contributed by atoms with Crippen LogP contribution in [0.25, 0.3) is 0 Å². The molecule has 0 unspecified atom stereocenters. The van der Waals surface area contributed by atoms with Crippen LogP contribution in [0.4, 0.5) is 5.13 Å². The molecule has 0 bridgehead atoms. The molecule has 1 N–H and O–H groups in total. The summed E-state index contributed by atoms with van der Waals surface area (Å²) >= 11 is 1.20. The van der Waals surface area contributed by atoms with E-state index in [1.807, 2.05) is 27.7 Å². The van der Waals surface area contributed by atoms with Gasteiger partial charge in [0.05, 0.1) is 16.0 Å². The lowest BCUT2D eigenvalue weighted by atomic mass is 9.89. The lowest BCUT2D eigenvalue weighted by Crippen LogP contribution is -2.41. The van der Waals surface area contributed by atoms with Crippen LogP contribution in [0.2, 0.25) is 0 Å². The third kappa shape index (κ3) is 3.24. The lowest BCUT2D eigenvalue weighted by Gasteiger charge is -2.32. The Morgan fingerprint density at radius 1 is 1.24 bits per heavy atom. The smallest absolute Gasteiger partial charge is 0.399 e. The van der Waals surface area contributed by atoms with Gasteiger partial charge in [0.2, 0.25) is 0 Å². The zero-order valence-electron chi connectivity index (χ0n) is 13.0. The fraction of sp³-hybridized carbons (Fsp3) is 0.727. The Morgan fingerprint density at radius 3 is 2.24 bits per heavy atom. The van der Waals surface area contributed by atoms with Gasteiger partial charge in [-0.2, -0.15) is 12.7 Å². The number of nitrogens with zero attached hydrogens (tertiary/aromatic N) is 2. The largest absolute Gasteiger partial charge is 0.507 e. The second-order valence-electron chi connectivity index (χ2n) is 6.05. The summed E-state index contributed by atoms with van der Waals surface area (Å²) < 4.78 is 39.5. The first-order chi connectivity index (χ1) is 9.45. The molecule has 7 nitrogen and oxygen atoms in total. The second kappa shape index (κ2) is 5.20. The molecule has 1 aliphatic rings. The molecule has 0 spiro atoms. The van der Waals surface area contributed by atoms with E-state index in [1.54, 1.807) is 6.20 Å². The third-order valence-electron chi connectivity index (χ3n) is 3.71. The van der Waals surface area contributed by atoms with Crippen LogP contribution in [0.15, 0.2) is 6.20 Å². The monoisotopic (exact) mass is 333 g/mol. The third-order valence-corrected chi connectivity index (χ3v) is 6.18. The standard InChI is InChI=1S/C11H20BN3O4S2/c1-10(2)11(3,4)19-12(18-10)8-7-13-9(20-8)14-21(16,17)15(5)6/h7H,1-6H3,(H,13,14). The molecule has 0 amide bonds. The summed E-state index contributed by atoms with van der Waals surface area (Å²) in [4.78, 5) is 4.07. The number of rotatable bonds is 4. The predicted molar refractivity (Wildman–Crippen MR) is 84.1 cm³/mol. The molecular formula is C11H20BN3O4S2. The number of nitrogens with one attached hydrogen (secondary N) is 1. The summed E-state index contributed by atoms with van der Waals surface area (Å²) in [6.45, 7) is 7.85. The number of thiazole rings is 1. The van der Waals surface area contributed by atoms with Crippen LogP contribution in [0.3, 0.4) is 0 Å². The Bertz CT molecular complexity index is 611. The fourth-order valence-electron chi connectivity index (χ4n) is 1.60. The van der Waals surface area contributed by atoms with E-state index in [0.29, 0.717) is 0 Å². The van der Waals surface area contributed by atoms with Crippen molar-refractivity contribution >= 4 is 38.6 Å². The van der Waals surface area contributed by atoms with E-state index >= 15 is 0 Å². The van der Waals surface area contributed by atoms with Gasteiger partial charge in [-0.15, -0.1) is 11.3 Å². The topological polar surface area (TPSA) is 80.8 Å². The van der Waals surface area contributed by atoms with Crippen LogP contribution in [0, 0.1) is 0 Å². The van der Waals surface area contributed by atoms with Gasteiger partial charge in [-0.3, -0.25) is 0 Å². The van der Waals surface area contributed by atoms with Crippen LogP contribution in [-0.2, 0) is 19.5 Å². The van der Waals surface area contributed by atoms with Gasteiger partial charge in [-0.1, -0.05) is 0 Å². The average Bonchev–Trinajstić information content (AvgIpc) is 2.82. The van der Waals surface area contributed by atoms with E-state index in [4.69, 9.17) is 9.31 Å². The molecule has 1 aliphatic heterocycles. The van der Waals surface area contributed by atoms with E-state index in [2.05, 4.69) is 9.71 Å². The maximum Gasteiger partial charge on any atom is 0.507 e. The van der Waals surface area contributed by atoms with Crippen LogP contribution in [0.1, 0.15) is 27.7 Å². The van der Waals surface area contributed by atoms with E-state index in [1.165, 1.54) is 25.4 Å². The summed E-state index contributed by atoms with van der Waals surface area (Å²) in [5.74, 6) is 0. The molecule has 1 fully saturated rings.